The van der Waals surface area contributed by atoms with Crippen molar-refractivity contribution in [2.75, 3.05) is 6.26 Å². The molecule has 132 valence electrons. The molecule has 2 aromatic carbocycles. The van der Waals surface area contributed by atoms with Gasteiger partial charge in [-0.2, -0.15) is 8.42 Å². The molecule has 0 radical (unpaired) electrons. The molecule has 6 nitrogen and oxygen atoms in total. The average Bonchev–Trinajstić information content (AvgIpc) is 3.05. The van der Waals surface area contributed by atoms with Crippen LogP contribution < -0.4 is 8.92 Å². The lowest BCUT2D eigenvalue weighted by Gasteiger charge is -2.03. The van der Waals surface area contributed by atoms with Crippen LogP contribution in [0.4, 0.5) is 0 Å². The highest BCUT2D eigenvalue weighted by Crippen LogP contribution is 2.36. The van der Waals surface area contributed by atoms with Crippen molar-refractivity contribution in [3.63, 3.8) is 0 Å². The molecule has 3 aromatic rings. The zero-order valence-electron chi connectivity index (χ0n) is 14.1. The summed E-state index contributed by atoms with van der Waals surface area (Å²) < 4.78 is 35.0. The number of carbonyl (C=O) groups is 1. The largest absolute Gasteiger partial charge is 0.452 e. The van der Waals surface area contributed by atoms with E-state index in [0.717, 1.165) is 22.7 Å². The molecule has 0 saturated carbocycles. The molecule has 1 aliphatic rings. The van der Waals surface area contributed by atoms with E-state index in [9.17, 15) is 13.2 Å². The van der Waals surface area contributed by atoms with Gasteiger partial charge in [0.15, 0.2) is 5.76 Å². The summed E-state index contributed by atoms with van der Waals surface area (Å²) in [5, 5.41) is 1.01. The van der Waals surface area contributed by atoms with Crippen molar-refractivity contribution in [3.8, 4) is 11.5 Å². The molecule has 0 fully saturated rings. The van der Waals surface area contributed by atoms with Crippen molar-refractivity contribution < 1.29 is 22.1 Å². The Kier molecular flexibility index (Phi) is 3.62. The van der Waals surface area contributed by atoms with Crippen LogP contribution in [0.3, 0.4) is 0 Å². The van der Waals surface area contributed by atoms with E-state index < -0.39 is 10.1 Å². The summed E-state index contributed by atoms with van der Waals surface area (Å²) in [6, 6.07) is 12.2. The van der Waals surface area contributed by atoms with Crippen LogP contribution in [0, 0.1) is 0 Å². The molecule has 1 aromatic heterocycles. The second-order valence-corrected chi connectivity index (χ2v) is 7.67. The second-order valence-electron chi connectivity index (χ2n) is 6.10. The number of ketones is 1. The first kappa shape index (κ1) is 16.4. The molecule has 0 aliphatic carbocycles. The van der Waals surface area contributed by atoms with Crippen molar-refractivity contribution in [1.82, 2.24) is 4.57 Å². The van der Waals surface area contributed by atoms with E-state index in [0.29, 0.717) is 5.56 Å². The Morgan fingerprint density at radius 2 is 1.92 bits per heavy atom. The number of Topliss-reactive ketones (excluding diaryl/α,β-unsaturated/α-hetero) is 1. The van der Waals surface area contributed by atoms with E-state index in [1.54, 1.807) is 6.08 Å². The van der Waals surface area contributed by atoms with Gasteiger partial charge in [-0.1, -0.05) is 18.2 Å². The zero-order chi connectivity index (χ0) is 18.5. The summed E-state index contributed by atoms with van der Waals surface area (Å²) in [5.74, 6) is 0.319. The number of aryl methyl sites for hydroxylation is 1. The average molecular weight is 369 g/mol. The van der Waals surface area contributed by atoms with Gasteiger partial charge < -0.3 is 13.5 Å². The lowest BCUT2D eigenvalue weighted by atomic mass is 10.1. The summed E-state index contributed by atoms with van der Waals surface area (Å²) in [5.41, 5.74) is 2.29. The summed E-state index contributed by atoms with van der Waals surface area (Å²) in [4.78, 5) is 12.6. The van der Waals surface area contributed by atoms with Gasteiger partial charge in [0, 0.05) is 35.8 Å². The van der Waals surface area contributed by atoms with Gasteiger partial charge in [0.05, 0.1) is 11.8 Å². The first-order valence-corrected chi connectivity index (χ1v) is 9.65. The fourth-order valence-electron chi connectivity index (χ4n) is 3.02. The number of nitrogens with zero attached hydrogens (tertiary/aromatic N) is 1. The van der Waals surface area contributed by atoms with Crippen LogP contribution in [-0.2, 0) is 17.2 Å². The Morgan fingerprint density at radius 1 is 1.15 bits per heavy atom. The van der Waals surface area contributed by atoms with E-state index in [2.05, 4.69) is 0 Å². The maximum atomic E-state index is 12.6. The smallest absolute Gasteiger partial charge is 0.306 e. The summed E-state index contributed by atoms with van der Waals surface area (Å²) in [6.07, 6.45) is 4.58. The predicted molar refractivity (Wildman–Crippen MR) is 97.8 cm³/mol. The van der Waals surface area contributed by atoms with Crippen molar-refractivity contribution in [2.45, 2.75) is 0 Å². The number of aromatic nitrogens is 1. The number of hydrogen-bond donors (Lipinski definition) is 0. The predicted octanol–water partition coefficient (Wildman–Crippen LogP) is 3.13. The fourth-order valence-corrected chi connectivity index (χ4v) is 3.48. The van der Waals surface area contributed by atoms with E-state index in [1.165, 1.54) is 18.2 Å². The molecular weight excluding hydrogens is 354 g/mol. The van der Waals surface area contributed by atoms with Gasteiger partial charge in [-0.05, 0) is 24.3 Å². The van der Waals surface area contributed by atoms with Gasteiger partial charge in [-0.15, -0.1) is 0 Å². The monoisotopic (exact) mass is 369 g/mol. The van der Waals surface area contributed by atoms with Crippen LogP contribution in [0.2, 0.25) is 0 Å². The van der Waals surface area contributed by atoms with Crippen LogP contribution in [0.25, 0.3) is 17.0 Å². The molecular formula is C19H15NO5S. The maximum absolute atomic E-state index is 12.6. The molecule has 26 heavy (non-hydrogen) atoms. The lowest BCUT2D eigenvalue weighted by molar-refractivity contribution is 0.101. The van der Waals surface area contributed by atoms with Crippen molar-refractivity contribution in [1.29, 1.82) is 0 Å². The normalized spacial score (nSPS) is 15.3. The molecule has 0 amide bonds. The Hall–Kier alpha value is -3.06. The number of para-hydroxylation sites is 1. The molecule has 0 bridgehead atoms. The summed E-state index contributed by atoms with van der Waals surface area (Å²) >= 11 is 0. The third-order valence-electron chi connectivity index (χ3n) is 4.10. The molecule has 2 heterocycles. The van der Waals surface area contributed by atoms with Gasteiger partial charge in [0.1, 0.15) is 11.5 Å². The van der Waals surface area contributed by atoms with E-state index in [1.807, 2.05) is 42.1 Å². The van der Waals surface area contributed by atoms with E-state index >= 15 is 0 Å². The summed E-state index contributed by atoms with van der Waals surface area (Å²) in [6.45, 7) is 0. The SMILES string of the molecule is Cn1cc(C=C2Oc3cc(OS(C)(=O)=O)ccc3C2=O)c2ccccc21. The van der Waals surface area contributed by atoms with Crippen molar-refractivity contribution >= 4 is 32.9 Å². The first-order chi connectivity index (χ1) is 12.3. The lowest BCUT2D eigenvalue weighted by Crippen LogP contribution is -2.05. The van der Waals surface area contributed by atoms with Crippen LogP contribution in [-0.4, -0.2) is 25.0 Å². The zero-order valence-corrected chi connectivity index (χ0v) is 14.9. The van der Waals surface area contributed by atoms with Crippen LogP contribution >= 0.6 is 0 Å². The van der Waals surface area contributed by atoms with E-state index in [-0.39, 0.29) is 23.0 Å². The van der Waals surface area contributed by atoms with Gasteiger partial charge >= 0.3 is 10.1 Å². The molecule has 4 rings (SSSR count). The number of rotatable bonds is 3. The Bertz CT molecular complexity index is 1190. The maximum Gasteiger partial charge on any atom is 0.306 e. The molecule has 0 N–H and O–H groups in total. The minimum Gasteiger partial charge on any atom is -0.452 e. The number of allylic oxidation sites excluding steroid dienone is 1. The molecule has 0 saturated heterocycles. The standard InChI is InChI=1S/C19H15NO5S/c1-20-11-12(14-5-3-4-6-16(14)20)9-18-19(21)15-8-7-13(10-17(15)24-18)25-26(2,22)23/h3-11H,1-2H3. The quantitative estimate of drug-likeness (QED) is 0.524. The molecule has 0 unspecified atom stereocenters. The van der Waals surface area contributed by atoms with Crippen molar-refractivity contribution in [2.24, 2.45) is 7.05 Å². The van der Waals surface area contributed by atoms with Crippen LogP contribution in [0.5, 0.6) is 11.5 Å². The number of ether oxygens (including phenoxy) is 1. The number of benzene rings is 2. The number of fused-ring (bicyclic) bond motifs is 2. The van der Waals surface area contributed by atoms with Gasteiger partial charge in [0.25, 0.3) is 0 Å². The molecule has 0 spiro atoms. The minimum atomic E-state index is -3.65. The van der Waals surface area contributed by atoms with Gasteiger partial charge in [-0.25, -0.2) is 0 Å². The first-order valence-electron chi connectivity index (χ1n) is 7.84. The Labute approximate surface area is 150 Å². The highest BCUT2D eigenvalue weighted by Gasteiger charge is 2.28. The number of carbonyl (C=O) groups excluding carboxylic acids is 1. The molecule has 0 atom stereocenters. The molecule has 7 heteroatoms. The highest BCUT2D eigenvalue weighted by molar-refractivity contribution is 7.86. The Morgan fingerprint density at radius 3 is 2.69 bits per heavy atom. The van der Waals surface area contributed by atoms with Crippen molar-refractivity contribution in [3.05, 3.63) is 65.5 Å². The Balaban J connectivity index is 1.72. The number of hydrogen-bond acceptors (Lipinski definition) is 5. The van der Waals surface area contributed by atoms with Crippen LogP contribution in [0.15, 0.2) is 54.4 Å². The fraction of sp³-hybridized carbons (Fsp3) is 0.105. The molecule has 1 aliphatic heterocycles. The minimum absolute atomic E-state index is 0.102. The second kappa shape index (κ2) is 5.74. The third kappa shape index (κ3) is 2.86. The highest BCUT2D eigenvalue weighted by atomic mass is 32.2. The van der Waals surface area contributed by atoms with Gasteiger partial charge in [0.2, 0.25) is 5.78 Å². The van der Waals surface area contributed by atoms with Crippen LogP contribution in [0.1, 0.15) is 15.9 Å². The third-order valence-corrected chi connectivity index (χ3v) is 4.60. The van der Waals surface area contributed by atoms with E-state index in [4.69, 9.17) is 8.92 Å². The summed E-state index contributed by atoms with van der Waals surface area (Å²) in [7, 11) is -1.71. The van der Waals surface area contributed by atoms with Gasteiger partial charge in [-0.3, -0.25) is 4.79 Å². The topological polar surface area (TPSA) is 74.6 Å².